The lowest BCUT2D eigenvalue weighted by Gasteiger charge is -2.05. The summed E-state index contributed by atoms with van der Waals surface area (Å²) in [5.41, 5.74) is 0.0284. The minimum absolute atomic E-state index is 0.0453. The Labute approximate surface area is 106 Å². The van der Waals surface area contributed by atoms with Crippen LogP contribution in [0.2, 0.25) is 5.15 Å². The molecule has 0 aromatic carbocycles. The van der Waals surface area contributed by atoms with Gasteiger partial charge in [-0.2, -0.15) is 5.10 Å². The molecule has 0 saturated carbocycles. The Morgan fingerprint density at radius 2 is 2.12 bits per heavy atom. The van der Waals surface area contributed by atoms with Crippen LogP contribution in [0.3, 0.4) is 0 Å². The Hall–Kier alpha value is -0.420. The Kier molecular flexibility index (Phi) is 4.92. The van der Waals surface area contributed by atoms with Crippen molar-refractivity contribution in [2.45, 2.75) is 26.3 Å². The second-order valence-electron chi connectivity index (χ2n) is 3.49. The Bertz CT molecular complexity index is 388. The first-order valence-electron chi connectivity index (χ1n) is 4.77. The van der Waals surface area contributed by atoms with Crippen LogP contribution in [0.1, 0.15) is 37.6 Å². The van der Waals surface area contributed by atoms with Crippen molar-refractivity contribution in [3.05, 3.63) is 22.5 Å². The van der Waals surface area contributed by atoms with Gasteiger partial charge in [0.05, 0.1) is 0 Å². The normalized spacial score (nSPS) is 12.2. The summed E-state index contributed by atoms with van der Waals surface area (Å²) < 4.78 is 26.9. The Balaban J connectivity index is 3.26. The fourth-order valence-corrected chi connectivity index (χ4v) is 1.84. The van der Waals surface area contributed by atoms with Crippen LogP contribution in [0.15, 0.2) is 6.08 Å². The summed E-state index contributed by atoms with van der Waals surface area (Å²) in [6, 6.07) is -0.0453. The fraction of sp³-hybridized carbons (Fsp3) is 0.500. The predicted octanol–water partition coefficient (Wildman–Crippen LogP) is 4.46. The average molecular weight is 314 g/mol. The van der Waals surface area contributed by atoms with Gasteiger partial charge in [0.1, 0.15) is 10.8 Å². The molecule has 0 amide bonds. The number of nitrogens with zero attached hydrogens (tertiary/aromatic N) is 2. The molecule has 6 heteroatoms. The lowest BCUT2D eigenvalue weighted by atomic mass is 10.2. The van der Waals surface area contributed by atoms with Crippen LogP contribution in [0.25, 0.3) is 6.08 Å². The standard InChI is InChI=1S/C10H12BrClF2N2/c1-6(2)16-9(12)7(4-3-5-11)8(15-16)10(13)14/h3-4,6,10H,5H2,1-2H3. The summed E-state index contributed by atoms with van der Waals surface area (Å²) in [7, 11) is 0. The van der Waals surface area contributed by atoms with Crippen LogP contribution in [-0.2, 0) is 0 Å². The Morgan fingerprint density at radius 3 is 2.56 bits per heavy atom. The smallest absolute Gasteiger partial charge is 0.250 e. The number of hydrogen-bond acceptors (Lipinski definition) is 1. The van der Waals surface area contributed by atoms with E-state index >= 15 is 0 Å². The van der Waals surface area contributed by atoms with E-state index in [2.05, 4.69) is 21.0 Å². The van der Waals surface area contributed by atoms with E-state index in [9.17, 15) is 8.78 Å². The minimum atomic E-state index is -2.62. The molecule has 1 heterocycles. The second kappa shape index (κ2) is 5.77. The highest BCUT2D eigenvalue weighted by molar-refractivity contribution is 9.09. The maximum absolute atomic E-state index is 12.7. The van der Waals surface area contributed by atoms with Crippen LogP contribution in [-0.4, -0.2) is 15.1 Å². The van der Waals surface area contributed by atoms with E-state index in [-0.39, 0.29) is 16.9 Å². The van der Waals surface area contributed by atoms with Crippen LogP contribution in [0.5, 0.6) is 0 Å². The maximum atomic E-state index is 12.7. The number of halogens is 4. The van der Waals surface area contributed by atoms with E-state index in [1.54, 1.807) is 12.2 Å². The molecule has 1 aromatic heterocycles. The van der Waals surface area contributed by atoms with Gasteiger partial charge in [0, 0.05) is 16.9 Å². The molecule has 0 unspecified atom stereocenters. The molecule has 0 aliphatic carbocycles. The number of rotatable bonds is 4. The molecule has 16 heavy (non-hydrogen) atoms. The summed E-state index contributed by atoms with van der Waals surface area (Å²) >= 11 is 9.19. The zero-order valence-electron chi connectivity index (χ0n) is 8.92. The average Bonchev–Trinajstić information content (AvgIpc) is 2.53. The molecule has 90 valence electrons. The van der Waals surface area contributed by atoms with Gasteiger partial charge in [0.15, 0.2) is 0 Å². The van der Waals surface area contributed by atoms with Crippen molar-refractivity contribution >= 4 is 33.6 Å². The van der Waals surface area contributed by atoms with E-state index in [1.807, 2.05) is 13.8 Å². The molecule has 1 rings (SSSR count). The van der Waals surface area contributed by atoms with E-state index in [1.165, 1.54) is 4.68 Å². The monoisotopic (exact) mass is 312 g/mol. The van der Waals surface area contributed by atoms with Crippen molar-refractivity contribution in [2.75, 3.05) is 5.33 Å². The first kappa shape index (κ1) is 13.6. The van der Waals surface area contributed by atoms with Crippen molar-refractivity contribution in [1.29, 1.82) is 0 Å². The number of allylic oxidation sites excluding steroid dienone is 1. The molecule has 0 atom stereocenters. The molecular weight excluding hydrogens is 301 g/mol. The highest BCUT2D eigenvalue weighted by Gasteiger charge is 2.22. The van der Waals surface area contributed by atoms with Crippen molar-refractivity contribution in [3.8, 4) is 0 Å². The largest absolute Gasteiger partial charge is 0.282 e. The van der Waals surface area contributed by atoms with Crippen LogP contribution >= 0.6 is 27.5 Å². The van der Waals surface area contributed by atoms with Gasteiger partial charge in [0.25, 0.3) is 6.43 Å². The number of aromatic nitrogens is 2. The molecule has 0 bridgehead atoms. The third kappa shape index (κ3) is 2.83. The van der Waals surface area contributed by atoms with Gasteiger partial charge >= 0.3 is 0 Å². The molecule has 0 saturated heterocycles. The quantitative estimate of drug-likeness (QED) is 0.750. The lowest BCUT2D eigenvalue weighted by molar-refractivity contribution is 0.144. The molecule has 2 nitrogen and oxygen atoms in total. The van der Waals surface area contributed by atoms with E-state index in [0.29, 0.717) is 10.9 Å². The summed E-state index contributed by atoms with van der Waals surface area (Å²) in [6.07, 6.45) is 0.650. The summed E-state index contributed by atoms with van der Waals surface area (Å²) in [6.45, 7) is 3.68. The Morgan fingerprint density at radius 1 is 1.50 bits per heavy atom. The molecular formula is C10H12BrClF2N2. The van der Waals surface area contributed by atoms with Crippen LogP contribution in [0.4, 0.5) is 8.78 Å². The first-order valence-corrected chi connectivity index (χ1v) is 6.27. The van der Waals surface area contributed by atoms with E-state index in [4.69, 9.17) is 11.6 Å². The van der Waals surface area contributed by atoms with Gasteiger partial charge < -0.3 is 0 Å². The SMILES string of the molecule is CC(C)n1nc(C(F)F)c(C=CCBr)c1Cl. The summed E-state index contributed by atoms with van der Waals surface area (Å²) in [4.78, 5) is 0. The molecule has 1 aromatic rings. The van der Waals surface area contributed by atoms with Gasteiger partial charge in [0.2, 0.25) is 0 Å². The topological polar surface area (TPSA) is 17.8 Å². The van der Waals surface area contributed by atoms with Crippen molar-refractivity contribution in [3.63, 3.8) is 0 Å². The van der Waals surface area contributed by atoms with Gasteiger partial charge in [-0.3, -0.25) is 4.68 Å². The number of alkyl halides is 3. The molecule has 0 radical (unpaired) electrons. The van der Waals surface area contributed by atoms with Crippen LogP contribution < -0.4 is 0 Å². The third-order valence-corrected chi connectivity index (χ3v) is 2.73. The fourth-order valence-electron chi connectivity index (χ4n) is 1.26. The van der Waals surface area contributed by atoms with Gasteiger partial charge in [-0.15, -0.1) is 0 Å². The predicted molar refractivity (Wildman–Crippen MR) is 65.4 cm³/mol. The molecule has 0 N–H and O–H groups in total. The maximum Gasteiger partial charge on any atom is 0.282 e. The third-order valence-electron chi connectivity index (χ3n) is 1.98. The van der Waals surface area contributed by atoms with Crippen molar-refractivity contribution < 1.29 is 8.78 Å². The molecule has 0 spiro atoms. The van der Waals surface area contributed by atoms with Gasteiger partial charge in [-0.25, -0.2) is 8.78 Å². The van der Waals surface area contributed by atoms with Crippen LogP contribution in [0, 0.1) is 0 Å². The molecule has 0 fully saturated rings. The summed E-state index contributed by atoms with van der Waals surface area (Å²) in [5, 5.41) is 4.66. The first-order chi connectivity index (χ1) is 7.49. The van der Waals surface area contributed by atoms with E-state index < -0.39 is 6.43 Å². The summed E-state index contributed by atoms with van der Waals surface area (Å²) in [5.74, 6) is 0. The highest BCUT2D eigenvalue weighted by Crippen LogP contribution is 2.30. The number of hydrogen-bond donors (Lipinski definition) is 0. The second-order valence-corrected chi connectivity index (χ2v) is 4.49. The van der Waals surface area contributed by atoms with Gasteiger partial charge in [-0.05, 0) is 13.8 Å². The van der Waals surface area contributed by atoms with Gasteiger partial charge in [-0.1, -0.05) is 39.7 Å². The zero-order chi connectivity index (χ0) is 12.3. The highest BCUT2D eigenvalue weighted by atomic mass is 79.9. The minimum Gasteiger partial charge on any atom is -0.250 e. The zero-order valence-corrected chi connectivity index (χ0v) is 11.3. The lowest BCUT2D eigenvalue weighted by Crippen LogP contribution is -2.03. The van der Waals surface area contributed by atoms with Crippen molar-refractivity contribution in [1.82, 2.24) is 9.78 Å². The van der Waals surface area contributed by atoms with Crippen molar-refractivity contribution in [2.24, 2.45) is 0 Å². The molecule has 0 aliphatic rings. The molecule has 0 aliphatic heterocycles. The van der Waals surface area contributed by atoms with E-state index in [0.717, 1.165) is 0 Å².